The fraction of sp³-hybridized carbons (Fsp3) is 0.316. The minimum Gasteiger partial charge on any atom is -0.493 e. The van der Waals surface area contributed by atoms with E-state index in [9.17, 15) is 4.79 Å². The minimum atomic E-state index is -0.0404. The lowest BCUT2D eigenvalue weighted by Crippen LogP contribution is -2.36. The normalized spacial score (nSPS) is 13.4. The fourth-order valence-corrected chi connectivity index (χ4v) is 3.66. The van der Waals surface area contributed by atoms with Crippen molar-refractivity contribution in [2.75, 3.05) is 27.0 Å². The van der Waals surface area contributed by atoms with Crippen LogP contribution in [0.5, 0.6) is 11.5 Å². The molecule has 0 spiro atoms. The third kappa shape index (κ3) is 3.58. The zero-order valence-electron chi connectivity index (χ0n) is 14.5. The smallest absolute Gasteiger partial charge is 0.255 e. The molecule has 0 radical (unpaired) electrons. The van der Waals surface area contributed by atoms with Gasteiger partial charge in [-0.25, -0.2) is 0 Å². The summed E-state index contributed by atoms with van der Waals surface area (Å²) in [7, 11) is 3.24. The van der Waals surface area contributed by atoms with Gasteiger partial charge in [-0.2, -0.15) is 0 Å². The van der Waals surface area contributed by atoms with E-state index >= 15 is 0 Å². The summed E-state index contributed by atoms with van der Waals surface area (Å²) in [4.78, 5) is 15.8. The zero-order chi connectivity index (χ0) is 18.0. The van der Waals surface area contributed by atoms with Crippen molar-refractivity contribution >= 4 is 29.3 Å². The van der Waals surface area contributed by atoms with Crippen molar-refractivity contribution in [2.45, 2.75) is 17.9 Å². The Balaban J connectivity index is 1.88. The average Bonchev–Trinajstić information content (AvgIpc) is 2.66. The maximum absolute atomic E-state index is 13.0. The van der Waals surface area contributed by atoms with Gasteiger partial charge in [0.15, 0.2) is 11.5 Å². The molecule has 0 unspecified atom stereocenters. The van der Waals surface area contributed by atoms with Crippen molar-refractivity contribution in [1.82, 2.24) is 4.90 Å². The van der Waals surface area contributed by atoms with E-state index in [1.807, 2.05) is 35.4 Å². The van der Waals surface area contributed by atoms with Gasteiger partial charge in [-0.3, -0.25) is 4.79 Å². The van der Waals surface area contributed by atoms with E-state index < -0.39 is 0 Å². The minimum absolute atomic E-state index is 0.0404. The summed E-state index contributed by atoms with van der Waals surface area (Å²) < 4.78 is 10.7. The largest absolute Gasteiger partial charge is 0.493 e. The van der Waals surface area contributed by atoms with Crippen LogP contribution in [0, 0.1) is 0 Å². The zero-order valence-corrected chi connectivity index (χ0v) is 16.0. The van der Waals surface area contributed by atoms with E-state index in [1.165, 1.54) is 5.56 Å². The molecule has 0 aromatic heterocycles. The first kappa shape index (κ1) is 18.0. The highest BCUT2D eigenvalue weighted by Gasteiger charge is 2.25. The van der Waals surface area contributed by atoms with Gasteiger partial charge < -0.3 is 14.4 Å². The van der Waals surface area contributed by atoms with Crippen molar-refractivity contribution in [1.29, 1.82) is 0 Å². The van der Waals surface area contributed by atoms with E-state index in [0.29, 0.717) is 29.4 Å². The maximum Gasteiger partial charge on any atom is 0.255 e. The number of fused-ring (bicyclic) bond motifs is 1. The molecular formula is C19H20ClNO3S. The van der Waals surface area contributed by atoms with Gasteiger partial charge in [0.1, 0.15) is 0 Å². The molecule has 1 heterocycles. The predicted molar refractivity (Wildman–Crippen MR) is 101 cm³/mol. The predicted octanol–water partition coefficient (Wildman–Crippen LogP) is 4.28. The number of carbonyl (C=O) groups excluding carboxylic acids is 1. The van der Waals surface area contributed by atoms with Crippen LogP contribution in [-0.2, 0) is 13.0 Å². The molecule has 0 atom stereocenters. The summed E-state index contributed by atoms with van der Waals surface area (Å²) in [6.07, 6.45) is 2.76. The van der Waals surface area contributed by atoms with Crippen molar-refractivity contribution in [2.24, 2.45) is 0 Å². The van der Waals surface area contributed by atoms with E-state index in [1.54, 1.807) is 32.0 Å². The van der Waals surface area contributed by atoms with Gasteiger partial charge in [-0.15, -0.1) is 11.8 Å². The van der Waals surface area contributed by atoms with E-state index in [2.05, 4.69) is 0 Å². The number of halogens is 1. The molecule has 4 nitrogen and oxygen atoms in total. The second-order valence-electron chi connectivity index (χ2n) is 5.80. The molecule has 132 valence electrons. The van der Waals surface area contributed by atoms with Crippen LogP contribution in [0.3, 0.4) is 0 Å². The van der Waals surface area contributed by atoms with Gasteiger partial charge in [0.25, 0.3) is 5.91 Å². The molecule has 0 saturated carbocycles. The molecule has 1 aliphatic heterocycles. The molecule has 0 bridgehead atoms. The standard InChI is InChI=1S/C19H20ClNO3S/c1-23-17-8-12-6-7-21(11-13(12)9-18(17)24-2)19(22)15-10-14(25-3)4-5-16(15)20/h4-5,8-10H,6-7,11H2,1-3H3. The third-order valence-corrected chi connectivity index (χ3v) is 5.46. The van der Waals surface area contributed by atoms with Crippen molar-refractivity contribution < 1.29 is 14.3 Å². The third-order valence-electron chi connectivity index (χ3n) is 4.41. The number of nitrogens with zero attached hydrogens (tertiary/aromatic N) is 1. The Labute approximate surface area is 157 Å². The molecule has 1 amide bonds. The summed E-state index contributed by atoms with van der Waals surface area (Å²) in [5.74, 6) is 1.36. The molecule has 0 saturated heterocycles. The maximum atomic E-state index is 13.0. The number of carbonyl (C=O) groups is 1. The highest BCUT2D eigenvalue weighted by atomic mass is 35.5. The van der Waals surface area contributed by atoms with E-state index in [4.69, 9.17) is 21.1 Å². The molecule has 3 rings (SSSR count). The van der Waals surface area contributed by atoms with Crippen LogP contribution in [0.15, 0.2) is 35.2 Å². The first-order valence-electron chi connectivity index (χ1n) is 7.94. The van der Waals surface area contributed by atoms with Crippen molar-refractivity contribution in [3.8, 4) is 11.5 Å². The summed E-state index contributed by atoms with van der Waals surface area (Å²) in [6, 6.07) is 9.52. The number of rotatable bonds is 4. The van der Waals surface area contributed by atoms with Gasteiger partial charge >= 0.3 is 0 Å². The summed E-state index contributed by atoms with van der Waals surface area (Å²) in [5, 5.41) is 0.487. The number of ether oxygens (including phenoxy) is 2. The topological polar surface area (TPSA) is 38.8 Å². The molecule has 1 aliphatic rings. The fourth-order valence-electron chi connectivity index (χ4n) is 3.02. The Bertz CT molecular complexity index is 809. The van der Waals surface area contributed by atoms with Crippen LogP contribution in [-0.4, -0.2) is 37.8 Å². The lowest BCUT2D eigenvalue weighted by molar-refractivity contribution is 0.0734. The van der Waals surface area contributed by atoms with Crippen LogP contribution >= 0.6 is 23.4 Å². The van der Waals surface area contributed by atoms with Gasteiger partial charge in [-0.05, 0) is 54.1 Å². The van der Waals surface area contributed by atoms with Crippen molar-refractivity contribution in [3.63, 3.8) is 0 Å². The van der Waals surface area contributed by atoms with Crippen LogP contribution in [0.25, 0.3) is 0 Å². The molecule has 0 N–H and O–H groups in total. The summed E-state index contributed by atoms with van der Waals surface area (Å²) >= 11 is 7.85. The lowest BCUT2D eigenvalue weighted by atomic mass is 9.98. The van der Waals surface area contributed by atoms with Crippen LogP contribution in [0.2, 0.25) is 5.02 Å². The van der Waals surface area contributed by atoms with E-state index in [0.717, 1.165) is 22.6 Å². The second kappa shape index (κ2) is 7.58. The number of methoxy groups -OCH3 is 2. The highest BCUT2D eigenvalue weighted by Crippen LogP contribution is 2.34. The van der Waals surface area contributed by atoms with E-state index in [-0.39, 0.29) is 5.91 Å². The number of amides is 1. The average molecular weight is 378 g/mol. The molecule has 0 fully saturated rings. The number of hydrogen-bond acceptors (Lipinski definition) is 4. The number of thioether (sulfide) groups is 1. The Kier molecular flexibility index (Phi) is 5.45. The van der Waals surface area contributed by atoms with Gasteiger partial charge in [0, 0.05) is 18.0 Å². The molecule has 2 aromatic rings. The highest BCUT2D eigenvalue weighted by molar-refractivity contribution is 7.98. The number of benzene rings is 2. The summed E-state index contributed by atoms with van der Waals surface area (Å²) in [6.45, 7) is 1.19. The molecular weight excluding hydrogens is 358 g/mol. The SMILES string of the molecule is COc1cc2c(cc1OC)CN(C(=O)c1cc(SC)ccc1Cl)CC2. The van der Waals surface area contributed by atoms with Crippen LogP contribution < -0.4 is 9.47 Å². The molecule has 25 heavy (non-hydrogen) atoms. The van der Waals surface area contributed by atoms with Gasteiger partial charge in [-0.1, -0.05) is 11.6 Å². The Morgan fingerprint density at radius 1 is 1.12 bits per heavy atom. The van der Waals surface area contributed by atoms with Crippen LogP contribution in [0.1, 0.15) is 21.5 Å². The summed E-state index contributed by atoms with van der Waals surface area (Å²) in [5.41, 5.74) is 2.82. The monoisotopic (exact) mass is 377 g/mol. The molecule has 6 heteroatoms. The second-order valence-corrected chi connectivity index (χ2v) is 7.09. The molecule has 0 aliphatic carbocycles. The Morgan fingerprint density at radius 3 is 2.44 bits per heavy atom. The Hall–Kier alpha value is -1.85. The van der Waals surface area contributed by atoms with Gasteiger partial charge in [0.2, 0.25) is 0 Å². The van der Waals surface area contributed by atoms with Gasteiger partial charge in [0.05, 0.1) is 24.8 Å². The van der Waals surface area contributed by atoms with Crippen molar-refractivity contribution in [3.05, 3.63) is 52.0 Å². The lowest BCUT2D eigenvalue weighted by Gasteiger charge is -2.30. The first-order chi connectivity index (χ1) is 12.1. The number of hydrogen-bond donors (Lipinski definition) is 0. The first-order valence-corrected chi connectivity index (χ1v) is 9.54. The molecule has 2 aromatic carbocycles. The Morgan fingerprint density at radius 2 is 1.80 bits per heavy atom. The quantitative estimate of drug-likeness (QED) is 0.745. The van der Waals surface area contributed by atoms with Crippen LogP contribution in [0.4, 0.5) is 0 Å².